The van der Waals surface area contributed by atoms with E-state index < -0.39 is 11.6 Å². The average molecular weight is 367 g/mol. The zero-order valence-electron chi connectivity index (χ0n) is 14.7. The lowest BCUT2D eigenvalue weighted by atomic mass is 9.96. The number of halogens is 3. The maximum Gasteiger partial charge on any atom is 0.399 e. The van der Waals surface area contributed by atoms with Crippen molar-refractivity contribution in [2.24, 2.45) is 10.4 Å². The lowest BCUT2D eigenvalue weighted by molar-refractivity contribution is -0.165. The molecule has 4 rings (SSSR count). The number of aliphatic imine (C=N–C) groups is 1. The van der Waals surface area contributed by atoms with E-state index in [2.05, 4.69) is 22.1 Å². The van der Waals surface area contributed by atoms with Gasteiger partial charge >= 0.3 is 6.18 Å². The number of alkyl halides is 3. The molecule has 0 spiro atoms. The Bertz CT molecular complexity index is 965. The number of hydrogen-bond donors (Lipinski definition) is 0. The topological polar surface area (TPSA) is 64.5 Å². The number of hydrogen-bond acceptors (Lipinski definition) is 4. The molecule has 0 unspecified atom stereocenters. The molecule has 0 radical (unpaired) electrons. The Kier molecular flexibility index (Phi) is 3.75. The normalized spacial score (nSPS) is 18.3. The summed E-state index contributed by atoms with van der Waals surface area (Å²) in [6.07, 6.45) is -1.46. The van der Waals surface area contributed by atoms with Gasteiger partial charge in [-0.05, 0) is 26.2 Å². The van der Waals surface area contributed by atoms with Crippen LogP contribution in [0.15, 0.2) is 9.79 Å². The monoisotopic (exact) mass is 367 g/mol. The maximum atomic E-state index is 13.5. The summed E-state index contributed by atoms with van der Waals surface area (Å²) in [6, 6.07) is 0. The van der Waals surface area contributed by atoms with E-state index in [-0.39, 0.29) is 30.5 Å². The van der Waals surface area contributed by atoms with Crippen LogP contribution >= 0.6 is 0 Å². The molecule has 140 valence electrons. The Morgan fingerprint density at radius 3 is 2.54 bits per heavy atom. The van der Waals surface area contributed by atoms with E-state index in [4.69, 9.17) is 0 Å². The molecule has 1 saturated carbocycles. The largest absolute Gasteiger partial charge is 0.399 e. The van der Waals surface area contributed by atoms with Gasteiger partial charge in [-0.1, -0.05) is 19.8 Å². The van der Waals surface area contributed by atoms with E-state index in [9.17, 15) is 18.0 Å². The zero-order chi connectivity index (χ0) is 18.7. The summed E-state index contributed by atoms with van der Waals surface area (Å²) in [5, 5.41) is 8.04. The molecule has 0 bridgehead atoms. The van der Waals surface area contributed by atoms with Gasteiger partial charge < -0.3 is 0 Å². The molecule has 0 atom stereocenters. The van der Waals surface area contributed by atoms with E-state index in [1.807, 2.05) is 0 Å². The number of nitrogens with zero attached hydrogens (tertiary/aromatic N) is 5. The lowest BCUT2D eigenvalue weighted by Crippen LogP contribution is -2.33. The first kappa shape index (κ1) is 17.2. The summed E-state index contributed by atoms with van der Waals surface area (Å²) in [6.45, 7) is 4.29. The van der Waals surface area contributed by atoms with Crippen molar-refractivity contribution in [2.45, 2.75) is 65.1 Å². The number of unbranched alkanes of at least 4 members (excludes halogenated alkanes) is 2. The van der Waals surface area contributed by atoms with Gasteiger partial charge in [-0.25, -0.2) is 9.39 Å². The van der Waals surface area contributed by atoms with E-state index in [0.29, 0.717) is 29.5 Å². The van der Waals surface area contributed by atoms with Gasteiger partial charge in [0.2, 0.25) is 5.78 Å². The standard InChI is InChI=1S/C17H20F3N5O/c1-3-4-5-8-24-13-11(14(26)25-10(2)22-23-15(24)25)9-12(21-13)16(6-7-16)17(18,19)20/h3-9H2,1-2H3. The van der Waals surface area contributed by atoms with E-state index in [1.54, 1.807) is 11.5 Å². The maximum absolute atomic E-state index is 13.5. The number of rotatable bonds is 5. The van der Waals surface area contributed by atoms with Crippen molar-refractivity contribution in [1.29, 1.82) is 0 Å². The third-order valence-electron chi connectivity index (χ3n) is 5.45. The summed E-state index contributed by atoms with van der Waals surface area (Å²) in [5.74, 6) is 1.11. The van der Waals surface area contributed by atoms with Crippen LogP contribution in [0.1, 0.15) is 50.4 Å². The first-order valence-corrected chi connectivity index (χ1v) is 8.92. The fourth-order valence-corrected chi connectivity index (χ4v) is 3.73. The molecule has 0 amide bonds. The molecular formula is C17H20F3N5O. The highest BCUT2D eigenvalue weighted by atomic mass is 19.4. The van der Waals surface area contributed by atoms with Gasteiger partial charge in [-0.3, -0.25) is 9.36 Å². The minimum absolute atomic E-state index is 0.0466. The Hall–Kier alpha value is -2.19. The van der Waals surface area contributed by atoms with Crippen LogP contribution < -0.4 is 5.56 Å². The quantitative estimate of drug-likeness (QED) is 0.761. The van der Waals surface area contributed by atoms with Crippen molar-refractivity contribution in [3.8, 4) is 0 Å². The zero-order valence-corrected chi connectivity index (χ0v) is 14.7. The number of aryl methyl sites for hydroxylation is 2. The summed E-state index contributed by atoms with van der Waals surface area (Å²) in [5.41, 5.74) is -1.82. The van der Waals surface area contributed by atoms with Crippen LogP contribution in [0, 0.1) is 12.3 Å². The van der Waals surface area contributed by atoms with Gasteiger partial charge in [-0.2, -0.15) is 13.2 Å². The van der Waals surface area contributed by atoms with Gasteiger partial charge in [0.1, 0.15) is 17.1 Å². The van der Waals surface area contributed by atoms with Gasteiger partial charge in [0.25, 0.3) is 5.56 Å². The fraction of sp³-hybridized carbons (Fsp3) is 0.647. The molecule has 1 fully saturated rings. The molecule has 2 aliphatic rings. The molecule has 0 aromatic carbocycles. The van der Waals surface area contributed by atoms with E-state index in [0.717, 1.165) is 19.3 Å². The second kappa shape index (κ2) is 5.65. The summed E-state index contributed by atoms with van der Waals surface area (Å²) in [4.78, 5) is 17.2. The molecule has 0 saturated heterocycles. The number of fused-ring (bicyclic) bond motifs is 2. The molecule has 6 nitrogen and oxygen atoms in total. The average Bonchev–Trinajstić information content (AvgIpc) is 3.14. The molecule has 3 heterocycles. The summed E-state index contributed by atoms with van der Waals surface area (Å²) in [7, 11) is 0. The van der Waals surface area contributed by atoms with Crippen LogP contribution in [-0.2, 0) is 13.0 Å². The fourth-order valence-electron chi connectivity index (χ4n) is 3.73. The van der Waals surface area contributed by atoms with Crippen LogP contribution in [0.25, 0.3) is 5.78 Å². The Balaban J connectivity index is 1.86. The minimum atomic E-state index is -4.33. The second-order valence-electron chi connectivity index (χ2n) is 7.16. The van der Waals surface area contributed by atoms with Gasteiger partial charge in [0.15, 0.2) is 0 Å². The van der Waals surface area contributed by atoms with Crippen molar-refractivity contribution in [3.63, 3.8) is 0 Å². The number of aromatic nitrogens is 4. The summed E-state index contributed by atoms with van der Waals surface area (Å²) >= 11 is 0. The first-order valence-electron chi connectivity index (χ1n) is 8.92. The molecule has 2 aromatic rings. The predicted octanol–water partition coefficient (Wildman–Crippen LogP) is 3.36. The molecule has 1 aliphatic carbocycles. The molecular weight excluding hydrogens is 347 g/mol. The first-order chi connectivity index (χ1) is 12.3. The van der Waals surface area contributed by atoms with Crippen LogP contribution in [0.4, 0.5) is 19.0 Å². The van der Waals surface area contributed by atoms with Crippen LogP contribution in [-0.4, -0.2) is 31.1 Å². The van der Waals surface area contributed by atoms with Crippen molar-refractivity contribution in [2.75, 3.05) is 0 Å². The third kappa shape index (κ3) is 2.32. The van der Waals surface area contributed by atoms with Crippen LogP contribution in [0.5, 0.6) is 0 Å². The van der Waals surface area contributed by atoms with Crippen LogP contribution in [0.2, 0.25) is 0 Å². The van der Waals surface area contributed by atoms with Gasteiger partial charge in [-0.15, -0.1) is 10.2 Å². The summed E-state index contributed by atoms with van der Waals surface area (Å²) < 4.78 is 43.7. The Morgan fingerprint density at radius 1 is 1.19 bits per heavy atom. The van der Waals surface area contributed by atoms with Crippen molar-refractivity contribution in [1.82, 2.24) is 19.2 Å². The van der Waals surface area contributed by atoms with Crippen molar-refractivity contribution < 1.29 is 13.2 Å². The highest BCUT2D eigenvalue weighted by Gasteiger charge is 2.66. The third-order valence-corrected chi connectivity index (χ3v) is 5.45. The smallest absolute Gasteiger partial charge is 0.294 e. The highest BCUT2D eigenvalue weighted by Crippen LogP contribution is 2.60. The van der Waals surface area contributed by atoms with Crippen LogP contribution in [0.3, 0.4) is 0 Å². The molecule has 2 aromatic heterocycles. The predicted molar refractivity (Wildman–Crippen MR) is 90.0 cm³/mol. The highest BCUT2D eigenvalue weighted by molar-refractivity contribution is 6.00. The van der Waals surface area contributed by atoms with E-state index in [1.165, 1.54) is 4.40 Å². The second-order valence-corrected chi connectivity index (χ2v) is 7.16. The van der Waals surface area contributed by atoms with Gasteiger partial charge in [0.05, 0.1) is 5.56 Å². The van der Waals surface area contributed by atoms with E-state index >= 15 is 0 Å². The Labute approximate surface area is 147 Å². The van der Waals surface area contributed by atoms with Crippen molar-refractivity contribution >= 4 is 17.3 Å². The molecule has 1 aliphatic heterocycles. The Morgan fingerprint density at radius 2 is 1.92 bits per heavy atom. The van der Waals surface area contributed by atoms with Gasteiger partial charge in [0, 0.05) is 18.7 Å². The molecule has 0 N–H and O–H groups in total. The molecule has 26 heavy (non-hydrogen) atoms. The van der Waals surface area contributed by atoms with Crippen molar-refractivity contribution in [3.05, 3.63) is 21.7 Å². The SMILES string of the molecule is CCCCCn1c2c(c(=O)n3c(C)nnc13)CC(C1(C(F)(F)F)CC1)=N2. The molecule has 9 heteroatoms. The lowest BCUT2D eigenvalue weighted by Gasteiger charge is -2.18. The minimum Gasteiger partial charge on any atom is -0.294 e.